The molecule has 1 aromatic heterocycles. The molecule has 1 heterocycles. The fourth-order valence-electron chi connectivity index (χ4n) is 1.59. The lowest BCUT2D eigenvalue weighted by atomic mass is 10.2. The van der Waals surface area contributed by atoms with E-state index in [9.17, 15) is 0 Å². The van der Waals surface area contributed by atoms with Gasteiger partial charge in [0.05, 0.1) is 5.69 Å². The summed E-state index contributed by atoms with van der Waals surface area (Å²) in [7, 11) is 0. The Bertz CT molecular complexity index is 323. The standard InChI is InChI=1S/C13H20N2S/c1-11-3-2-6-15-13(11)9-14-7-8-16-10-12-4-5-12/h2-3,6,12,14H,4-5,7-10H2,1H3. The average Bonchev–Trinajstić information content (AvgIpc) is 3.09. The predicted octanol–water partition coefficient (Wildman–Crippen LogP) is 2.62. The Morgan fingerprint density at radius 2 is 2.38 bits per heavy atom. The minimum Gasteiger partial charge on any atom is -0.310 e. The highest BCUT2D eigenvalue weighted by molar-refractivity contribution is 7.99. The van der Waals surface area contributed by atoms with Gasteiger partial charge in [0.25, 0.3) is 0 Å². The van der Waals surface area contributed by atoms with E-state index >= 15 is 0 Å². The molecule has 0 atom stereocenters. The van der Waals surface area contributed by atoms with E-state index in [0.717, 1.165) is 19.0 Å². The summed E-state index contributed by atoms with van der Waals surface area (Å²) in [6, 6.07) is 4.11. The molecular formula is C13H20N2S. The van der Waals surface area contributed by atoms with Crippen LogP contribution in [0.3, 0.4) is 0 Å². The van der Waals surface area contributed by atoms with Gasteiger partial charge in [0.1, 0.15) is 0 Å². The minimum atomic E-state index is 0.899. The monoisotopic (exact) mass is 236 g/mol. The van der Waals surface area contributed by atoms with E-state index in [0.29, 0.717) is 0 Å². The van der Waals surface area contributed by atoms with Crippen LogP contribution in [0, 0.1) is 12.8 Å². The highest BCUT2D eigenvalue weighted by Crippen LogP contribution is 2.32. The van der Waals surface area contributed by atoms with Crippen LogP contribution >= 0.6 is 11.8 Å². The molecule has 1 N–H and O–H groups in total. The van der Waals surface area contributed by atoms with E-state index in [1.165, 1.54) is 35.6 Å². The highest BCUT2D eigenvalue weighted by atomic mass is 32.2. The molecule has 1 fully saturated rings. The Kier molecular flexibility index (Phi) is 4.67. The summed E-state index contributed by atoms with van der Waals surface area (Å²) in [5.41, 5.74) is 2.45. The molecular weight excluding hydrogens is 216 g/mol. The van der Waals surface area contributed by atoms with Gasteiger partial charge in [0.2, 0.25) is 0 Å². The van der Waals surface area contributed by atoms with Crippen molar-refractivity contribution in [3.8, 4) is 0 Å². The number of pyridine rings is 1. The van der Waals surface area contributed by atoms with Gasteiger partial charge < -0.3 is 5.32 Å². The average molecular weight is 236 g/mol. The topological polar surface area (TPSA) is 24.9 Å². The van der Waals surface area contributed by atoms with E-state index in [-0.39, 0.29) is 0 Å². The second kappa shape index (κ2) is 6.26. The predicted molar refractivity (Wildman–Crippen MR) is 70.7 cm³/mol. The van der Waals surface area contributed by atoms with Gasteiger partial charge in [0, 0.05) is 25.0 Å². The summed E-state index contributed by atoms with van der Waals surface area (Å²) in [5.74, 6) is 3.63. The number of aromatic nitrogens is 1. The first-order valence-corrected chi connectivity index (χ1v) is 7.20. The quantitative estimate of drug-likeness (QED) is 0.737. The molecule has 0 unspecified atom stereocenters. The summed E-state index contributed by atoms with van der Waals surface area (Å²) in [6.07, 6.45) is 4.80. The SMILES string of the molecule is Cc1cccnc1CNCCSCC1CC1. The maximum absolute atomic E-state index is 4.36. The van der Waals surface area contributed by atoms with Crippen molar-refractivity contribution in [2.45, 2.75) is 26.3 Å². The fraction of sp³-hybridized carbons (Fsp3) is 0.615. The Morgan fingerprint density at radius 3 is 3.12 bits per heavy atom. The first kappa shape index (κ1) is 11.9. The van der Waals surface area contributed by atoms with Gasteiger partial charge >= 0.3 is 0 Å². The molecule has 0 bridgehead atoms. The summed E-state index contributed by atoms with van der Waals surface area (Å²) in [4.78, 5) is 4.36. The molecule has 2 nitrogen and oxygen atoms in total. The number of thioether (sulfide) groups is 1. The number of hydrogen-bond acceptors (Lipinski definition) is 3. The molecule has 1 aliphatic carbocycles. The largest absolute Gasteiger partial charge is 0.310 e. The van der Waals surface area contributed by atoms with E-state index in [2.05, 4.69) is 35.1 Å². The smallest absolute Gasteiger partial charge is 0.0570 e. The van der Waals surface area contributed by atoms with Gasteiger partial charge in [0.15, 0.2) is 0 Å². The van der Waals surface area contributed by atoms with Crippen LogP contribution in [0.25, 0.3) is 0 Å². The number of nitrogens with one attached hydrogen (secondary N) is 1. The highest BCUT2D eigenvalue weighted by Gasteiger charge is 2.20. The lowest BCUT2D eigenvalue weighted by molar-refractivity contribution is 0.711. The van der Waals surface area contributed by atoms with Crippen LogP contribution in [0.15, 0.2) is 18.3 Å². The molecule has 0 aromatic carbocycles. The first-order valence-electron chi connectivity index (χ1n) is 6.05. The molecule has 0 radical (unpaired) electrons. The van der Waals surface area contributed by atoms with Gasteiger partial charge in [-0.15, -0.1) is 0 Å². The fourth-order valence-corrected chi connectivity index (χ4v) is 2.71. The minimum absolute atomic E-state index is 0.899. The normalized spacial score (nSPS) is 15.3. The maximum atomic E-state index is 4.36. The van der Waals surface area contributed by atoms with Crippen LogP contribution in [-0.2, 0) is 6.54 Å². The molecule has 16 heavy (non-hydrogen) atoms. The third kappa shape index (κ3) is 4.14. The van der Waals surface area contributed by atoms with Crippen molar-refractivity contribution in [3.63, 3.8) is 0 Å². The van der Waals surface area contributed by atoms with Crippen molar-refractivity contribution in [2.24, 2.45) is 5.92 Å². The number of nitrogens with zero attached hydrogens (tertiary/aromatic N) is 1. The van der Waals surface area contributed by atoms with E-state index < -0.39 is 0 Å². The Hall–Kier alpha value is -0.540. The molecule has 0 saturated heterocycles. The van der Waals surface area contributed by atoms with Crippen molar-refractivity contribution in [1.29, 1.82) is 0 Å². The molecule has 0 amide bonds. The van der Waals surface area contributed by atoms with Gasteiger partial charge in [-0.1, -0.05) is 6.07 Å². The Balaban J connectivity index is 1.55. The van der Waals surface area contributed by atoms with Crippen molar-refractivity contribution in [3.05, 3.63) is 29.6 Å². The molecule has 1 saturated carbocycles. The van der Waals surface area contributed by atoms with Crippen LogP contribution in [0.4, 0.5) is 0 Å². The zero-order chi connectivity index (χ0) is 11.2. The zero-order valence-electron chi connectivity index (χ0n) is 9.91. The van der Waals surface area contributed by atoms with Gasteiger partial charge in [-0.3, -0.25) is 4.98 Å². The van der Waals surface area contributed by atoms with Crippen LogP contribution in [-0.4, -0.2) is 23.0 Å². The Morgan fingerprint density at radius 1 is 1.50 bits per heavy atom. The number of hydrogen-bond donors (Lipinski definition) is 1. The summed E-state index contributed by atoms with van der Waals surface area (Å²) >= 11 is 2.08. The van der Waals surface area contributed by atoms with Crippen LogP contribution in [0.2, 0.25) is 0 Å². The molecule has 1 aliphatic rings. The summed E-state index contributed by atoms with van der Waals surface area (Å²) in [6.45, 7) is 4.11. The first-order chi connectivity index (χ1) is 7.86. The van der Waals surface area contributed by atoms with Gasteiger partial charge in [-0.2, -0.15) is 11.8 Å². The summed E-state index contributed by atoms with van der Waals surface area (Å²) in [5, 5.41) is 3.45. The third-order valence-electron chi connectivity index (χ3n) is 2.88. The van der Waals surface area contributed by atoms with Crippen LogP contribution in [0.1, 0.15) is 24.1 Å². The lowest BCUT2D eigenvalue weighted by Gasteiger charge is -2.06. The molecule has 1 aromatic rings. The van der Waals surface area contributed by atoms with E-state index in [1.807, 2.05) is 12.3 Å². The van der Waals surface area contributed by atoms with Gasteiger partial charge in [-0.25, -0.2) is 0 Å². The van der Waals surface area contributed by atoms with Crippen molar-refractivity contribution >= 4 is 11.8 Å². The van der Waals surface area contributed by atoms with E-state index in [4.69, 9.17) is 0 Å². The third-order valence-corrected chi connectivity index (χ3v) is 4.08. The molecule has 3 heteroatoms. The zero-order valence-corrected chi connectivity index (χ0v) is 10.7. The number of rotatable bonds is 7. The van der Waals surface area contributed by atoms with Crippen molar-refractivity contribution in [1.82, 2.24) is 10.3 Å². The van der Waals surface area contributed by atoms with Crippen molar-refractivity contribution < 1.29 is 0 Å². The molecule has 0 spiro atoms. The lowest BCUT2D eigenvalue weighted by Crippen LogP contribution is -2.18. The van der Waals surface area contributed by atoms with Crippen LogP contribution in [0.5, 0.6) is 0 Å². The summed E-state index contributed by atoms with van der Waals surface area (Å²) < 4.78 is 0. The molecule has 88 valence electrons. The maximum Gasteiger partial charge on any atom is 0.0570 e. The van der Waals surface area contributed by atoms with E-state index in [1.54, 1.807) is 0 Å². The molecule has 2 rings (SSSR count). The second-order valence-electron chi connectivity index (χ2n) is 4.46. The van der Waals surface area contributed by atoms with Crippen molar-refractivity contribution in [2.75, 3.05) is 18.1 Å². The Labute approximate surface area is 102 Å². The van der Waals surface area contributed by atoms with Gasteiger partial charge in [-0.05, 0) is 43.1 Å². The second-order valence-corrected chi connectivity index (χ2v) is 5.61. The molecule has 0 aliphatic heterocycles. The van der Waals surface area contributed by atoms with Crippen LogP contribution < -0.4 is 5.32 Å². The number of aryl methyl sites for hydroxylation is 1.